The minimum atomic E-state index is -4.62. The maximum absolute atomic E-state index is 14.0. The molecule has 0 aliphatic carbocycles. The molecule has 0 N–H and O–H groups in total. The number of benzene rings is 3. The summed E-state index contributed by atoms with van der Waals surface area (Å²) in [7, 11) is 0. The van der Waals surface area contributed by atoms with Crippen LogP contribution >= 0.6 is 0 Å². The Morgan fingerprint density at radius 3 is 2.29 bits per heavy atom. The van der Waals surface area contributed by atoms with Gasteiger partial charge in [0.15, 0.2) is 11.2 Å². The van der Waals surface area contributed by atoms with Crippen molar-refractivity contribution < 1.29 is 18.0 Å². The highest BCUT2D eigenvalue weighted by molar-refractivity contribution is 6.04. The molecule has 0 aromatic heterocycles. The fourth-order valence-electron chi connectivity index (χ4n) is 5.29. The lowest BCUT2D eigenvalue weighted by molar-refractivity contribution is -0.137. The lowest BCUT2D eigenvalue weighted by Gasteiger charge is -2.35. The standard InChI is InChI=1S/C28H18F3N3O/c29-28(30,31)21-11-6-10-20(15-21)24-25(26(35)19-8-2-1-3-9-19)34-22-12-5-4-7-18(22)13-14-23(34)27(24,16-32)17-33/h1-15,23-25H/t23-,24+,25-/m0/s1. The molecule has 7 heteroatoms. The second-order valence-electron chi connectivity index (χ2n) is 8.64. The summed E-state index contributed by atoms with van der Waals surface area (Å²) >= 11 is 0. The number of para-hydroxylation sites is 1. The Bertz CT molecular complexity index is 1400. The molecule has 0 spiro atoms. The monoisotopic (exact) mass is 469 g/mol. The topological polar surface area (TPSA) is 67.9 Å². The number of anilines is 1. The van der Waals surface area contributed by atoms with E-state index in [-0.39, 0.29) is 11.3 Å². The summed E-state index contributed by atoms with van der Waals surface area (Å²) in [5.41, 5.74) is -0.776. The van der Waals surface area contributed by atoms with Gasteiger partial charge < -0.3 is 4.90 Å². The molecule has 2 aliphatic rings. The first-order valence-electron chi connectivity index (χ1n) is 11.0. The van der Waals surface area contributed by atoms with Crippen molar-refractivity contribution in [2.75, 3.05) is 4.90 Å². The zero-order valence-corrected chi connectivity index (χ0v) is 18.3. The van der Waals surface area contributed by atoms with Crippen LogP contribution in [0.3, 0.4) is 0 Å². The highest BCUT2D eigenvalue weighted by Gasteiger charge is 2.63. The number of Topliss-reactive ketones (excluding diaryl/α,β-unsaturated/α-hetero) is 1. The maximum atomic E-state index is 14.0. The van der Waals surface area contributed by atoms with Gasteiger partial charge in [0, 0.05) is 17.2 Å². The number of alkyl halides is 3. The molecule has 172 valence electrons. The Balaban J connectivity index is 1.79. The smallest absolute Gasteiger partial charge is 0.351 e. The van der Waals surface area contributed by atoms with Gasteiger partial charge in [-0.05, 0) is 23.3 Å². The van der Waals surface area contributed by atoms with Crippen LogP contribution in [0.2, 0.25) is 0 Å². The number of carbonyl (C=O) groups is 1. The number of nitriles is 2. The van der Waals surface area contributed by atoms with Crippen molar-refractivity contribution in [3.63, 3.8) is 0 Å². The summed E-state index contributed by atoms with van der Waals surface area (Å²) in [6.07, 6.45) is -1.12. The van der Waals surface area contributed by atoms with Crippen molar-refractivity contribution in [2.45, 2.75) is 24.2 Å². The number of halogens is 3. The zero-order chi connectivity index (χ0) is 24.8. The van der Waals surface area contributed by atoms with Crippen LogP contribution in [-0.4, -0.2) is 17.9 Å². The third kappa shape index (κ3) is 3.40. The zero-order valence-electron chi connectivity index (χ0n) is 18.3. The molecule has 35 heavy (non-hydrogen) atoms. The van der Waals surface area contributed by atoms with Crippen LogP contribution in [0.25, 0.3) is 6.08 Å². The van der Waals surface area contributed by atoms with E-state index in [0.29, 0.717) is 11.3 Å². The third-order valence-corrected chi connectivity index (χ3v) is 6.82. The predicted molar refractivity (Wildman–Crippen MR) is 124 cm³/mol. The average molecular weight is 469 g/mol. The number of fused-ring (bicyclic) bond motifs is 3. The number of rotatable bonds is 3. The second-order valence-corrected chi connectivity index (χ2v) is 8.64. The molecule has 1 saturated heterocycles. The molecular weight excluding hydrogens is 451 g/mol. The van der Waals surface area contributed by atoms with Gasteiger partial charge in [0.1, 0.15) is 6.04 Å². The van der Waals surface area contributed by atoms with E-state index in [2.05, 4.69) is 12.1 Å². The Kier molecular flexibility index (Phi) is 5.22. The molecule has 0 amide bonds. The van der Waals surface area contributed by atoms with Crippen molar-refractivity contribution >= 4 is 17.5 Å². The Hall–Kier alpha value is -4.36. The van der Waals surface area contributed by atoms with Crippen molar-refractivity contribution in [3.8, 4) is 12.1 Å². The van der Waals surface area contributed by atoms with Crippen LogP contribution < -0.4 is 4.90 Å². The van der Waals surface area contributed by atoms with Crippen molar-refractivity contribution in [2.24, 2.45) is 5.41 Å². The molecule has 0 radical (unpaired) electrons. The molecular formula is C28H18F3N3O. The average Bonchev–Trinajstić information content (AvgIpc) is 3.19. The number of nitrogens with zero attached hydrogens (tertiary/aromatic N) is 3. The van der Waals surface area contributed by atoms with E-state index in [4.69, 9.17) is 0 Å². The van der Waals surface area contributed by atoms with Gasteiger partial charge in [-0.2, -0.15) is 23.7 Å². The van der Waals surface area contributed by atoms with E-state index >= 15 is 0 Å². The van der Waals surface area contributed by atoms with Crippen LogP contribution in [0.4, 0.5) is 18.9 Å². The van der Waals surface area contributed by atoms with Crippen LogP contribution in [0.15, 0.2) is 84.9 Å². The van der Waals surface area contributed by atoms with E-state index < -0.39 is 35.2 Å². The van der Waals surface area contributed by atoms with E-state index in [1.807, 2.05) is 12.1 Å². The SMILES string of the molecule is N#CC1(C#N)[C@H](c2cccc(C(F)(F)F)c2)[C@@H](C(=O)c2ccccc2)N2c3ccccc3C=C[C@H]21. The summed E-state index contributed by atoms with van der Waals surface area (Å²) in [6.45, 7) is 0. The summed E-state index contributed by atoms with van der Waals surface area (Å²) in [4.78, 5) is 15.7. The Labute approximate surface area is 200 Å². The van der Waals surface area contributed by atoms with Crippen molar-refractivity contribution in [1.82, 2.24) is 0 Å². The van der Waals surface area contributed by atoms with Gasteiger partial charge in [-0.25, -0.2) is 0 Å². The van der Waals surface area contributed by atoms with Crippen LogP contribution in [0.5, 0.6) is 0 Å². The predicted octanol–water partition coefficient (Wildman–Crippen LogP) is 5.99. The molecule has 1 fully saturated rings. The fraction of sp³-hybridized carbons (Fsp3) is 0.179. The first kappa shape index (κ1) is 22.4. The lowest BCUT2D eigenvalue weighted by atomic mass is 9.69. The first-order chi connectivity index (χ1) is 16.8. The maximum Gasteiger partial charge on any atom is 0.416 e. The van der Waals surface area contributed by atoms with Gasteiger partial charge in [-0.3, -0.25) is 4.79 Å². The van der Waals surface area contributed by atoms with Gasteiger partial charge in [-0.1, -0.05) is 78.9 Å². The lowest BCUT2D eigenvalue weighted by Crippen LogP contribution is -2.44. The van der Waals surface area contributed by atoms with Gasteiger partial charge in [0.2, 0.25) is 0 Å². The summed E-state index contributed by atoms with van der Waals surface area (Å²) in [5, 5.41) is 20.7. The molecule has 3 atom stereocenters. The molecule has 4 nitrogen and oxygen atoms in total. The number of ketones is 1. The molecule has 2 heterocycles. The molecule has 3 aromatic carbocycles. The number of hydrogen-bond acceptors (Lipinski definition) is 4. The minimum Gasteiger partial charge on any atom is -0.351 e. The summed E-state index contributed by atoms with van der Waals surface area (Å²) < 4.78 is 40.8. The van der Waals surface area contributed by atoms with Crippen LogP contribution in [-0.2, 0) is 6.18 Å². The normalized spacial score (nSPS) is 22.0. The Morgan fingerprint density at radius 1 is 0.914 bits per heavy atom. The highest BCUT2D eigenvalue weighted by Crippen LogP contribution is 2.55. The molecule has 3 aromatic rings. The summed E-state index contributed by atoms with van der Waals surface area (Å²) in [6, 6.07) is 22.6. The summed E-state index contributed by atoms with van der Waals surface area (Å²) in [5.74, 6) is -1.50. The number of carbonyl (C=O) groups excluding carboxylic acids is 1. The molecule has 2 aliphatic heterocycles. The second kappa shape index (κ2) is 8.14. The van der Waals surface area contributed by atoms with Crippen LogP contribution in [0.1, 0.15) is 33.0 Å². The third-order valence-electron chi connectivity index (χ3n) is 6.82. The fourth-order valence-corrected chi connectivity index (χ4v) is 5.29. The van der Waals surface area contributed by atoms with E-state index in [1.54, 1.807) is 59.5 Å². The van der Waals surface area contributed by atoms with E-state index in [0.717, 1.165) is 17.7 Å². The highest BCUT2D eigenvalue weighted by atomic mass is 19.4. The van der Waals surface area contributed by atoms with E-state index in [1.165, 1.54) is 12.1 Å². The van der Waals surface area contributed by atoms with Crippen LogP contribution in [0, 0.1) is 28.1 Å². The largest absolute Gasteiger partial charge is 0.416 e. The molecule has 0 saturated carbocycles. The van der Waals surface area contributed by atoms with Gasteiger partial charge in [-0.15, -0.1) is 0 Å². The Morgan fingerprint density at radius 2 is 1.60 bits per heavy atom. The van der Waals surface area contributed by atoms with E-state index in [9.17, 15) is 28.5 Å². The van der Waals surface area contributed by atoms with Crippen molar-refractivity contribution in [1.29, 1.82) is 10.5 Å². The quantitative estimate of drug-likeness (QED) is 0.442. The van der Waals surface area contributed by atoms with Gasteiger partial charge in [0.25, 0.3) is 0 Å². The van der Waals surface area contributed by atoms with Gasteiger partial charge in [0.05, 0.1) is 23.7 Å². The number of hydrogen-bond donors (Lipinski definition) is 0. The molecule has 0 bridgehead atoms. The minimum absolute atomic E-state index is 0.123. The van der Waals surface area contributed by atoms with Gasteiger partial charge >= 0.3 is 6.18 Å². The van der Waals surface area contributed by atoms with Crippen molar-refractivity contribution in [3.05, 3.63) is 107 Å². The molecule has 0 unspecified atom stereocenters. The molecule has 5 rings (SSSR count). The first-order valence-corrected chi connectivity index (χ1v) is 11.0.